The van der Waals surface area contributed by atoms with Crippen LogP contribution < -0.4 is 10.6 Å². The van der Waals surface area contributed by atoms with Crippen molar-refractivity contribution in [2.75, 3.05) is 10.6 Å². The molecule has 2 atom stereocenters. The van der Waals surface area contributed by atoms with Crippen molar-refractivity contribution in [1.29, 1.82) is 0 Å². The number of carbonyl (C=O) groups is 2. The molecule has 2 aromatic carbocycles. The summed E-state index contributed by atoms with van der Waals surface area (Å²) in [7, 11) is 0. The highest BCUT2D eigenvalue weighted by Gasteiger charge is 2.48. The molecule has 130 valence electrons. The topological polar surface area (TPSA) is 58.2 Å². The Morgan fingerprint density at radius 3 is 2.24 bits per heavy atom. The fourth-order valence-corrected chi connectivity index (χ4v) is 3.14. The first-order valence-electron chi connectivity index (χ1n) is 8.00. The minimum Gasteiger partial charge on any atom is -0.326 e. The fraction of sp³-hybridized carbons (Fsp3) is 0.263. The van der Waals surface area contributed by atoms with Crippen molar-refractivity contribution in [2.24, 2.45) is 11.8 Å². The number of anilines is 2. The average Bonchev–Trinajstić information content (AvgIpc) is 3.35. The maximum absolute atomic E-state index is 12.4. The summed E-state index contributed by atoms with van der Waals surface area (Å²) < 4.78 is 0. The Morgan fingerprint density at radius 1 is 0.960 bits per heavy atom. The lowest BCUT2D eigenvalue weighted by Gasteiger charge is -2.10. The molecule has 6 heteroatoms. The molecule has 1 aliphatic carbocycles. The van der Waals surface area contributed by atoms with E-state index in [4.69, 9.17) is 23.2 Å². The molecule has 1 aliphatic rings. The van der Waals surface area contributed by atoms with Crippen LogP contribution in [0, 0.1) is 25.7 Å². The van der Waals surface area contributed by atoms with Gasteiger partial charge >= 0.3 is 0 Å². The highest BCUT2D eigenvalue weighted by Crippen LogP contribution is 2.41. The van der Waals surface area contributed by atoms with Crippen molar-refractivity contribution >= 4 is 46.4 Å². The van der Waals surface area contributed by atoms with E-state index in [2.05, 4.69) is 10.6 Å². The molecule has 25 heavy (non-hydrogen) atoms. The lowest BCUT2D eigenvalue weighted by molar-refractivity contribution is -0.122. The van der Waals surface area contributed by atoms with Crippen molar-refractivity contribution in [3.63, 3.8) is 0 Å². The van der Waals surface area contributed by atoms with E-state index in [1.165, 1.54) is 0 Å². The highest BCUT2D eigenvalue weighted by molar-refractivity contribution is 6.31. The van der Waals surface area contributed by atoms with Crippen LogP contribution in [0.1, 0.15) is 17.5 Å². The van der Waals surface area contributed by atoms with Crippen LogP contribution in [0.2, 0.25) is 10.0 Å². The minimum absolute atomic E-state index is 0.145. The van der Waals surface area contributed by atoms with Crippen molar-refractivity contribution in [1.82, 2.24) is 0 Å². The lowest BCUT2D eigenvalue weighted by Crippen LogP contribution is -2.21. The molecule has 1 fully saturated rings. The van der Waals surface area contributed by atoms with Crippen LogP contribution in [0.3, 0.4) is 0 Å². The smallest absolute Gasteiger partial charge is 0.228 e. The van der Waals surface area contributed by atoms with Gasteiger partial charge in [-0.15, -0.1) is 0 Å². The van der Waals surface area contributed by atoms with E-state index in [1.807, 2.05) is 13.8 Å². The van der Waals surface area contributed by atoms with E-state index in [0.29, 0.717) is 27.8 Å². The summed E-state index contributed by atoms with van der Waals surface area (Å²) in [5.41, 5.74) is 3.09. The van der Waals surface area contributed by atoms with Crippen molar-refractivity contribution in [2.45, 2.75) is 20.3 Å². The second-order valence-corrected chi connectivity index (χ2v) is 7.14. The molecule has 2 amide bonds. The predicted octanol–water partition coefficient (Wildman–Crippen LogP) is 4.82. The Balaban J connectivity index is 1.61. The number of halogens is 2. The van der Waals surface area contributed by atoms with Crippen LogP contribution in [0.25, 0.3) is 0 Å². The van der Waals surface area contributed by atoms with E-state index >= 15 is 0 Å². The van der Waals surface area contributed by atoms with Gasteiger partial charge in [-0.1, -0.05) is 29.3 Å². The van der Waals surface area contributed by atoms with E-state index in [-0.39, 0.29) is 23.7 Å². The third-order valence-electron chi connectivity index (χ3n) is 4.44. The second kappa shape index (κ2) is 7.06. The van der Waals surface area contributed by atoms with Gasteiger partial charge in [-0.05, 0) is 61.7 Å². The summed E-state index contributed by atoms with van der Waals surface area (Å²) in [5, 5.41) is 6.95. The number of benzene rings is 2. The maximum atomic E-state index is 12.4. The van der Waals surface area contributed by atoms with Gasteiger partial charge in [0.05, 0.1) is 11.8 Å². The van der Waals surface area contributed by atoms with Gasteiger partial charge in [0.2, 0.25) is 11.8 Å². The number of hydrogen-bond donors (Lipinski definition) is 2. The summed E-state index contributed by atoms with van der Waals surface area (Å²) in [5.74, 6) is -0.924. The van der Waals surface area contributed by atoms with Gasteiger partial charge in [-0.2, -0.15) is 0 Å². The highest BCUT2D eigenvalue weighted by atomic mass is 35.5. The first kappa shape index (κ1) is 17.8. The lowest BCUT2D eigenvalue weighted by atomic mass is 10.2. The number of rotatable bonds is 4. The molecule has 2 unspecified atom stereocenters. The Hall–Kier alpha value is -2.04. The van der Waals surface area contributed by atoms with Gasteiger partial charge in [0.1, 0.15) is 0 Å². The number of hydrogen-bond acceptors (Lipinski definition) is 2. The summed E-state index contributed by atoms with van der Waals surface area (Å²) in [6, 6.07) is 10.6. The van der Waals surface area contributed by atoms with Gasteiger partial charge in [-0.3, -0.25) is 9.59 Å². The molecule has 0 heterocycles. The molecule has 2 N–H and O–H groups in total. The molecule has 0 radical (unpaired) electrons. The standard InChI is InChI=1S/C19H18Cl2N2O2/c1-10-8-12(20)6-7-16(10)22-18(24)13-9-14(13)19(25)23-17-5-3-4-15(21)11(17)2/h3-8,13-14H,9H2,1-2H3,(H,22,24)(H,23,25). The van der Waals surface area contributed by atoms with Crippen molar-refractivity contribution < 1.29 is 9.59 Å². The fourth-order valence-electron chi connectivity index (χ4n) is 2.74. The molecule has 0 spiro atoms. The van der Waals surface area contributed by atoms with E-state index in [9.17, 15) is 9.59 Å². The van der Waals surface area contributed by atoms with Crippen molar-refractivity contribution in [3.8, 4) is 0 Å². The van der Waals surface area contributed by atoms with Gasteiger partial charge in [0.15, 0.2) is 0 Å². The molecular weight excluding hydrogens is 359 g/mol. The molecular formula is C19H18Cl2N2O2. The third-order valence-corrected chi connectivity index (χ3v) is 5.08. The van der Waals surface area contributed by atoms with Crippen LogP contribution >= 0.6 is 23.2 Å². The van der Waals surface area contributed by atoms with Crippen LogP contribution in [-0.4, -0.2) is 11.8 Å². The summed E-state index contributed by atoms with van der Waals surface area (Å²) in [6.07, 6.45) is 0.546. The van der Waals surface area contributed by atoms with Crippen LogP contribution in [0.15, 0.2) is 36.4 Å². The SMILES string of the molecule is Cc1cc(Cl)ccc1NC(=O)C1CC1C(=O)Nc1cccc(Cl)c1C. The zero-order chi connectivity index (χ0) is 18.1. The average molecular weight is 377 g/mol. The van der Waals surface area contributed by atoms with Gasteiger partial charge in [0, 0.05) is 21.4 Å². The van der Waals surface area contributed by atoms with Crippen LogP contribution in [0.4, 0.5) is 11.4 Å². The summed E-state index contributed by atoms with van der Waals surface area (Å²) in [6.45, 7) is 3.72. The normalized spacial score (nSPS) is 18.6. The van der Waals surface area contributed by atoms with E-state index < -0.39 is 0 Å². The van der Waals surface area contributed by atoms with Crippen molar-refractivity contribution in [3.05, 3.63) is 57.6 Å². The quantitative estimate of drug-likeness (QED) is 0.802. The largest absolute Gasteiger partial charge is 0.326 e. The number of carbonyl (C=O) groups excluding carboxylic acids is 2. The predicted molar refractivity (Wildman–Crippen MR) is 101 cm³/mol. The van der Waals surface area contributed by atoms with Crippen LogP contribution in [0.5, 0.6) is 0 Å². The Labute approximate surface area is 156 Å². The Bertz CT molecular complexity index is 851. The molecule has 0 aromatic heterocycles. The zero-order valence-corrected chi connectivity index (χ0v) is 15.4. The number of nitrogens with one attached hydrogen (secondary N) is 2. The number of amides is 2. The van der Waals surface area contributed by atoms with E-state index in [0.717, 1.165) is 11.1 Å². The number of aryl methyl sites for hydroxylation is 1. The van der Waals surface area contributed by atoms with E-state index in [1.54, 1.807) is 36.4 Å². The second-order valence-electron chi connectivity index (χ2n) is 6.30. The monoisotopic (exact) mass is 376 g/mol. The first-order chi connectivity index (χ1) is 11.9. The molecule has 2 aromatic rings. The Kier molecular flexibility index (Phi) is 5.02. The summed E-state index contributed by atoms with van der Waals surface area (Å²) in [4.78, 5) is 24.7. The molecule has 0 aliphatic heterocycles. The third kappa shape index (κ3) is 3.97. The first-order valence-corrected chi connectivity index (χ1v) is 8.75. The molecule has 1 saturated carbocycles. The molecule has 0 bridgehead atoms. The van der Waals surface area contributed by atoms with Gasteiger partial charge in [0.25, 0.3) is 0 Å². The van der Waals surface area contributed by atoms with Crippen LogP contribution in [-0.2, 0) is 9.59 Å². The minimum atomic E-state index is -0.314. The van der Waals surface area contributed by atoms with Gasteiger partial charge in [-0.25, -0.2) is 0 Å². The summed E-state index contributed by atoms with van der Waals surface area (Å²) >= 11 is 12.0. The van der Waals surface area contributed by atoms with Gasteiger partial charge < -0.3 is 10.6 Å². The Morgan fingerprint density at radius 2 is 1.60 bits per heavy atom. The maximum Gasteiger partial charge on any atom is 0.228 e. The molecule has 0 saturated heterocycles. The molecule has 3 rings (SSSR count). The zero-order valence-electron chi connectivity index (χ0n) is 13.9. The molecule has 4 nitrogen and oxygen atoms in total.